The van der Waals surface area contributed by atoms with E-state index in [9.17, 15) is 0 Å². The summed E-state index contributed by atoms with van der Waals surface area (Å²) in [6.07, 6.45) is 1.55. The van der Waals surface area contributed by atoms with Crippen LogP contribution in [0.15, 0.2) is 37.9 Å². The smallest absolute Gasteiger partial charge is 0.169 e. The number of nitriles is 2. The molecule has 0 radical (unpaired) electrons. The number of hydrogen-bond acceptors (Lipinski definition) is 3. The fourth-order valence-corrected chi connectivity index (χ4v) is 2.37. The number of nitrogens with zero attached hydrogens (tertiary/aromatic N) is 2. The predicted molar refractivity (Wildman–Crippen MR) is 66.5 cm³/mol. The van der Waals surface area contributed by atoms with E-state index >= 15 is 0 Å². The van der Waals surface area contributed by atoms with Crippen molar-refractivity contribution in [2.24, 2.45) is 0 Å². The second-order valence-electron chi connectivity index (χ2n) is 3.78. The quantitative estimate of drug-likeness (QED) is 0.735. The van der Waals surface area contributed by atoms with Crippen molar-refractivity contribution in [3.8, 4) is 12.1 Å². The third-order valence-corrected chi connectivity index (χ3v) is 3.35. The highest BCUT2D eigenvalue weighted by molar-refractivity contribution is 9.10. The van der Waals surface area contributed by atoms with Gasteiger partial charge < -0.3 is 4.42 Å². The molecule has 0 amide bonds. The van der Waals surface area contributed by atoms with Gasteiger partial charge in [0.1, 0.15) is 23.5 Å². The van der Waals surface area contributed by atoms with Gasteiger partial charge in [-0.3, -0.25) is 0 Å². The maximum Gasteiger partial charge on any atom is 0.169 e. The molecule has 2 rings (SSSR count). The summed E-state index contributed by atoms with van der Waals surface area (Å²) in [6, 6.07) is 7.62. The Morgan fingerprint density at radius 1 is 1.29 bits per heavy atom. The van der Waals surface area contributed by atoms with Crippen LogP contribution in [0.2, 0.25) is 0 Å². The lowest BCUT2D eigenvalue weighted by atomic mass is 10.0. The molecule has 0 aromatic carbocycles. The maximum absolute atomic E-state index is 8.88. The number of allylic oxidation sites excluding steroid dienone is 4. The van der Waals surface area contributed by atoms with Crippen LogP contribution >= 0.6 is 15.9 Å². The van der Waals surface area contributed by atoms with E-state index in [0.29, 0.717) is 4.67 Å². The standard InChI is InChI=1S/C13H9BrN2O/c1-8-10(9(6-15)7-16)2-3-11(8)12-4-5-13(14)17-12/h4-5H,2-3H2,1H3. The van der Waals surface area contributed by atoms with Crippen LogP contribution in [0.3, 0.4) is 0 Å². The lowest BCUT2D eigenvalue weighted by Gasteiger charge is -1.99. The number of furan rings is 1. The van der Waals surface area contributed by atoms with Crippen LogP contribution < -0.4 is 0 Å². The summed E-state index contributed by atoms with van der Waals surface area (Å²) >= 11 is 3.26. The van der Waals surface area contributed by atoms with Gasteiger partial charge in [-0.1, -0.05) is 0 Å². The van der Waals surface area contributed by atoms with Crippen LogP contribution in [0.1, 0.15) is 25.5 Å². The molecule has 1 aromatic heterocycles. The summed E-state index contributed by atoms with van der Waals surface area (Å²) in [5, 5.41) is 17.8. The van der Waals surface area contributed by atoms with Crippen LogP contribution in [0, 0.1) is 22.7 Å². The van der Waals surface area contributed by atoms with E-state index in [1.54, 1.807) is 0 Å². The zero-order chi connectivity index (χ0) is 12.4. The largest absolute Gasteiger partial charge is 0.450 e. The van der Waals surface area contributed by atoms with Gasteiger partial charge in [0.05, 0.1) is 0 Å². The van der Waals surface area contributed by atoms with Gasteiger partial charge >= 0.3 is 0 Å². The molecule has 0 atom stereocenters. The first-order valence-corrected chi connectivity index (χ1v) is 5.96. The lowest BCUT2D eigenvalue weighted by molar-refractivity contribution is 0.526. The number of hydrogen-bond donors (Lipinski definition) is 0. The SMILES string of the molecule is CC1=C(c2ccc(Br)o2)CCC1=C(C#N)C#N. The Labute approximate surface area is 108 Å². The van der Waals surface area contributed by atoms with Crippen LogP contribution in [0.5, 0.6) is 0 Å². The van der Waals surface area contributed by atoms with Crippen molar-refractivity contribution < 1.29 is 4.42 Å². The Morgan fingerprint density at radius 3 is 2.53 bits per heavy atom. The van der Waals surface area contributed by atoms with Gasteiger partial charge in [-0.15, -0.1) is 0 Å². The molecule has 3 nitrogen and oxygen atoms in total. The Bertz CT molecular complexity index is 592. The summed E-state index contributed by atoms with van der Waals surface area (Å²) in [4.78, 5) is 0. The van der Waals surface area contributed by atoms with Crippen molar-refractivity contribution in [2.45, 2.75) is 19.8 Å². The van der Waals surface area contributed by atoms with Crippen LogP contribution in [0.4, 0.5) is 0 Å². The van der Waals surface area contributed by atoms with E-state index in [4.69, 9.17) is 14.9 Å². The van der Waals surface area contributed by atoms with Crippen molar-refractivity contribution in [3.63, 3.8) is 0 Å². The van der Waals surface area contributed by atoms with Gasteiger partial charge in [0.25, 0.3) is 0 Å². The minimum Gasteiger partial charge on any atom is -0.450 e. The van der Waals surface area contributed by atoms with Crippen molar-refractivity contribution in [3.05, 3.63) is 39.3 Å². The Balaban J connectivity index is 2.50. The zero-order valence-electron chi connectivity index (χ0n) is 9.25. The minimum atomic E-state index is 0.211. The fraction of sp³-hybridized carbons (Fsp3) is 0.231. The predicted octanol–water partition coefficient (Wildman–Crippen LogP) is 3.95. The molecule has 84 valence electrons. The van der Waals surface area contributed by atoms with E-state index in [1.165, 1.54) is 0 Å². The molecule has 0 N–H and O–H groups in total. The van der Waals surface area contributed by atoms with Gasteiger partial charge in [0.15, 0.2) is 4.67 Å². The highest BCUT2D eigenvalue weighted by Gasteiger charge is 2.22. The van der Waals surface area contributed by atoms with Crippen LogP contribution in [-0.4, -0.2) is 0 Å². The molecular formula is C13H9BrN2O. The van der Waals surface area contributed by atoms with Crippen molar-refractivity contribution in [2.75, 3.05) is 0 Å². The average molecular weight is 289 g/mol. The summed E-state index contributed by atoms with van der Waals surface area (Å²) in [5.41, 5.74) is 3.12. The topological polar surface area (TPSA) is 60.7 Å². The molecule has 0 saturated carbocycles. The molecular weight excluding hydrogens is 280 g/mol. The first-order chi connectivity index (χ1) is 8.17. The molecule has 0 unspecified atom stereocenters. The molecule has 1 aliphatic carbocycles. The first kappa shape index (κ1) is 11.7. The highest BCUT2D eigenvalue weighted by atomic mass is 79.9. The minimum absolute atomic E-state index is 0.211. The molecule has 1 aromatic rings. The summed E-state index contributed by atoms with van der Waals surface area (Å²) in [5.74, 6) is 0.805. The average Bonchev–Trinajstić information content (AvgIpc) is 2.88. The van der Waals surface area contributed by atoms with E-state index in [0.717, 1.165) is 35.3 Å². The third kappa shape index (κ3) is 2.05. The molecule has 0 fully saturated rings. The second kappa shape index (κ2) is 4.61. The summed E-state index contributed by atoms with van der Waals surface area (Å²) in [7, 11) is 0. The van der Waals surface area contributed by atoms with Gasteiger partial charge in [-0.2, -0.15) is 10.5 Å². The van der Waals surface area contributed by atoms with E-state index in [2.05, 4.69) is 15.9 Å². The van der Waals surface area contributed by atoms with Gasteiger partial charge in [-0.25, -0.2) is 0 Å². The van der Waals surface area contributed by atoms with E-state index < -0.39 is 0 Å². The Morgan fingerprint density at radius 2 is 2.00 bits per heavy atom. The molecule has 0 saturated heterocycles. The third-order valence-electron chi connectivity index (χ3n) is 2.93. The summed E-state index contributed by atoms with van der Waals surface area (Å²) < 4.78 is 6.19. The lowest BCUT2D eigenvalue weighted by Crippen LogP contribution is -1.85. The number of rotatable bonds is 1. The molecule has 17 heavy (non-hydrogen) atoms. The van der Waals surface area contributed by atoms with Gasteiger partial charge in [0, 0.05) is 0 Å². The van der Waals surface area contributed by atoms with Crippen molar-refractivity contribution >= 4 is 21.5 Å². The first-order valence-electron chi connectivity index (χ1n) is 5.16. The van der Waals surface area contributed by atoms with E-state index in [1.807, 2.05) is 31.2 Å². The summed E-state index contributed by atoms with van der Waals surface area (Å²) in [6.45, 7) is 1.93. The van der Waals surface area contributed by atoms with Crippen molar-refractivity contribution in [1.29, 1.82) is 10.5 Å². The Kier molecular flexibility index (Phi) is 3.17. The van der Waals surface area contributed by atoms with Crippen LogP contribution in [-0.2, 0) is 0 Å². The Hall–Kier alpha value is -1.78. The molecule has 0 spiro atoms. The maximum atomic E-state index is 8.88. The monoisotopic (exact) mass is 288 g/mol. The molecule has 0 bridgehead atoms. The van der Waals surface area contributed by atoms with Crippen molar-refractivity contribution in [1.82, 2.24) is 0 Å². The molecule has 1 heterocycles. The second-order valence-corrected chi connectivity index (χ2v) is 4.57. The van der Waals surface area contributed by atoms with E-state index in [-0.39, 0.29) is 5.57 Å². The fourth-order valence-electron chi connectivity index (χ4n) is 2.06. The molecule has 1 aliphatic rings. The highest BCUT2D eigenvalue weighted by Crippen LogP contribution is 2.39. The zero-order valence-corrected chi connectivity index (χ0v) is 10.8. The van der Waals surface area contributed by atoms with Gasteiger partial charge in [-0.05, 0) is 64.5 Å². The molecule has 4 heteroatoms. The molecule has 0 aliphatic heterocycles. The van der Waals surface area contributed by atoms with Crippen LogP contribution in [0.25, 0.3) is 5.57 Å². The van der Waals surface area contributed by atoms with Gasteiger partial charge in [0.2, 0.25) is 0 Å². The normalized spacial score (nSPS) is 14.7. The number of halogens is 1.